The van der Waals surface area contributed by atoms with Crippen molar-refractivity contribution in [1.82, 2.24) is 14.9 Å². The van der Waals surface area contributed by atoms with Gasteiger partial charge in [0.1, 0.15) is 11.6 Å². The van der Waals surface area contributed by atoms with Gasteiger partial charge in [0, 0.05) is 12.5 Å². The highest BCUT2D eigenvalue weighted by atomic mass is 16.5. The van der Waals surface area contributed by atoms with E-state index in [1.165, 1.54) is 5.56 Å². The highest BCUT2D eigenvalue weighted by molar-refractivity contribution is 5.79. The van der Waals surface area contributed by atoms with Crippen molar-refractivity contribution in [2.24, 2.45) is 5.92 Å². The molecule has 0 saturated carbocycles. The second kappa shape index (κ2) is 12.4. The second-order valence-electron chi connectivity index (χ2n) is 8.83. The molecule has 1 heterocycles. The Morgan fingerprint density at radius 1 is 1.00 bits per heavy atom. The Bertz CT molecular complexity index is 1010. The highest BCUT2D eigenvalue weighted by Crippen LogP contribution is 2.22. The number of rotatable bonds is 13. The maximum absolute atomic E-state index is 12.4. The number of hydrogen-bond acceptors (Lipinski definition) is 3. The maximum atomic E-state index is 12.4. The second-order valence-corrected chi connectivity index (χ2v) is 8.83. The number of amides is 1. The quantitative estimate of drug-likeness (QED) is 0.305. The number of nitrogens with zero attached hydrogens (tertiary/aromatic N) is 2. The summed E-state index contributed by atoms with van der Waals surface area (Å²) in [5, 5.41) is 3.09. The summed E-state index contributed by atoms with van der Waals surface area (Å²) >= 11 is 0. The molecule has 3 aromatic rings. The first kappa shape index (κ1) is 24.8. The molecule has 0 aliphatic carbocycles. The fraction of sp³-hybridized carbons (Fsp3) is 0.500. The number of aromatic nitrogens is 2. The lowest BCUT2D eigenvalue weighted by Gasteiger charge is -2.14. The van der Waals surface area contributed by atoms with Crippen LogP contribution in [-0.4, -0.2) is 22.1 Å². The van der Waals surface area contributed by atoms with Crippen molar-refractivity contribution < 1.29 is 9.53 Å². The summed E-state index contributed by atoms with van der Waals surface area (Å²) in [7, 11) is 0. The Labute approximate surface area is 198 Å². The molecule has 5 nitrogen and oxygen atoms in total. The van der Waals surface area contributed by atoms with Crippen LogP contribution in [0.1, 0.15) is 77.1 Å². The molecule has 1 N–H and O–H groups in total. The first-order chi connectivity index (χ1) is 16.1. The van der Waals surface area contributed by atoms with Gasteiger partial charge in [-0.15, -0.1) is 0 Å². The lowest BCUT2D eigenvalue weighted by atomic mass is 9.99. The summed E-state index contributed by atoms with van der Waals surface area (Å²) in [6.07, 6.45) is 4.81. The van der Waals surface area contributed by atoms with Crippen molar-refractivity contribution in [1.29, 1.82) is 0 Å². The van der Waals surface area contributed by atoms with E-state index in [1.54, 1.807) is 0 Å². The van der Waals surface area contributed by atoms with Gasteiger partial charge in [-0.25, -0.2) is 4.98 Å². The van der Waals surface area contributed by atoms with Gasteiger partial charge >= 0.3 is 0 Å². The summed E-state index contributed by atoms with van der Waals surface area (Å²) in [6.45, 7) is 10.6. The monoisotopic (exact) mass is 449 g/mol. The van der Waals surface area contributed by atoms with Crippen LogP contribution in [0.4, 0.5) is 0 Å². The molecule has 0 spiro atoms. The van der Waals surface area contributed by atoms with Gasteiger partial charge in [-0.05, 0) is 67.9 Å². The Kier molecular flexibility index (Phi) is 9.35. The van der Waals surface area contributed by atoms with Gasteiger partial charge in [-0.1, -0.05) is 52.0 Å². The molecule has 178 valence electrons. The van der Waals surface area contributed by atoms with E-state index in [4.69, 9.17) is 9.72 Å². The SMILES string of the molecule is CCC(CC)C(=O)NCc1nc2ccccc2n1CCCCOc1ccc(C(C)CC)cc1. The lowest BCUT2D eigenvalue weighted by molar-refractivity contribution is -0.125. The molecular formula is C28H39N3O2. The number of carbonyl (C=O) groups excluding carboxylic acids is 1. The van der Waals surface area contributed by atoms with E-state index in [0.29, 0.717) is 19.1 Å². The minimum absolute atomic E-state index is 0.0687. The zero-order valence-electron chi connectivity index (χ0n) is 20.6. The van der Waals surface area contributed by atoms with Crippen LogP contribution in [0.3, 0.4) is 0 Å². The van der Waals surface area contributed by atoms with Crippen molar-refractivity contribution in [3.05, 3.63) is 59.9 Å². The third-order valence-corrected chi connectivity index (χ3v) is 6.62. The number of hydrogen-bond donors (Lipinski definition) is 1. The largest absolute Gasteiger partial charge is 0.494 e. The molecule has 0 saturated heterocycles. The minimum Gasteiger partial charge on any atom is -0.494 e. The van der Waals surface area contributed by atoms with Crippen LogP contribution in [0.15, 0.2) is 48.5 Å². The third kappa shape index (κ3) is 6.59. The number of para-hydroxylation sites is 2. The van der Waals surface area contributed by atoms with Crippen LogP contribution in [0.5, 0.6) is 5.75 Å². The summed E-state index contributed by atoms with van der Waals surface area (Å²) in [5.74, 6) is 2.61. The maximum Gasteiger partial charge on any atom is 0.223 e. The third-order valence-electron chi connectivity index (χ3n) is 6.62. The normalized spacial score (nSPS) is 12.3. The average Bonchev–Trinajstić information content (AvgIpc) is 3.20. The van der Waals surface area contributed by atoms with E-state index in [-0.39, 0.29) is 11.8 Å². The number of aryl methyl sites for hydroxylation is 1. The van der Waals surface area contributed by atoms with Crippen LogP contribution < -0.4 is 10.1 Å². The summed E-state index contributed by atoms with van der Waals surface area (Å²) in [6, 6.07) is 16.7. The first-order valence-electron chi connectivity index (χ1n) is 12.5. The van der Waals surface area contributed by atoms with E-state index in [2.05, 4.69) is 67.9 Å². The molecule has 1 amide bonds. The van der Waals surface area contributed by atoms with E-state index in [9.17, 15) is 4.79 Å². The van der Waals surface area contributed by atoms with Crippen LogP contribution in [-0.2, 0) is 17.9 Å². The molecular weight excluding hydrogens is 410 g/mol. The minimum atomic E-state index is 0.0687. The van der Waals surface area contributed by atoms with Gasteiger partial charge < -0.3 is 14.6 Å². The Morgan fingerprint density at radius 2 is 1.73 bits per heavy atom. The topological polar surface area (TPSA) is 56.2 Å². The van der Waals surface area contributed by atoms with Gasteiger partial charge in [-0.3, -0.25) is 4.79 Å². The van der Waals surface area contributed by atoms with Crippen LogP contribution in [0, 0.1) is 5.92 Å². The average molecular weight is 450 g/mol. The van der Waals surface area contributed by atoms with Gasteiger partial charge in [-0.2, -0.15) is 0 Å². The van der Waals surface area contributed by atoms with Gasteiger partial charge in [0.05, 0.1) is 24.2 Å². The fourth-order valence-corrected chi connectivity index (χ4v) is 4.17. The fourth-order valence-electron chi connectivity index (χ4n) is 4.17. The first-order valence-corrected chi connectivity index (χ1v) is 12.5. The number of unbranched alkanes of at least 4 members (excludes halogenated alkanes) is 1. The molecule has 0 radical (unpaired) electrons. The summed E-state index contributed by atoms with van der Waals surface area (Å²) in [5.41, 5.74) is 3.45. The molecule has 0 aliphatic rings. The van der Waals surface area contributed by atoms with Crippen molar-refractivity contribution in [3.63, 3.8) is 0 Å². The number of benzene rings is 2. The van der Waals surface area contributed by atoms with Gasteiger partial charge in [0.25, 0.3) is 0 Å². The van der Waals surface area contributed by atoms with Gasteiger partial charge in [0.15, 0.2) is 0 Å². The van der Waals surface area contributed by atoms with E-state index >= 15 is 0 Å². The molecule has 0 bridgehead atoms. The molecule has 1 unspecified atom stereocenters. The number of imidazole rings is 1. The van der Waals surface area contributed by atoms with Crippen LogP contribution >= 0.6 is 0 Å². The van der Waals surface area contributed by atoms with Crippen molar-refractivity contribution in [3.8, 4) is 5.75 Å². The van der Waals surface area contributed by atoms with Crippen LogP contribution in [0.2, 0.25) is 0 Å². The van der Waals surface area contributed by atoms with E-state index in [1.807, 2.05) is 18.2 Å². The summed E-state index contributed by atoms with van der Waals surface area (Å²) in [4.78, 5) is 17.2. The molecule has 1 aromatic heterocycles. The van der Waals surface area contributed by atoms with Crippen molar-refractivity contribution in [2.45, 2.75) is 78.8 Å². The Morgan fingerprint density at radius 3 is 2.42 bits per heavy atom. The van der Waals surface area contributed by atoms with Crippen molar-refractivity contribution in [2.75, 3.05) is 6.61 Å². The molecule has 3 rings (SSSR count). The molecule has 0 aliphatic heterocycles. The zero-order valence-corrected chi connectivity index (χ0v) is 20.6. The molecule has 0 fully saturated rings. The zero-order chi connectivity index (χ0) is 23.6. The van der Waals surface area contributed by atoms with Crippen LogP contribution in [0.25, 0.3) is 11.0 Å². The standard InChI is InChI=1S/C28H39N3O2/c1-5-21(4)23-14-16-24(17-15-23)33-19-11-10-18-31-26-13-9-8-12-25(26)30-27(31)20-29-28(32)22(6-2)7-3/h8-9,12-17,21-22H,5-7,10-11,18-20H2,1-4H3,(H,29,32). The Balaban J connectivity index is 1.55. The molecule has 1 atom stereocenters. The van der Waals surface area contributed by atoms with E-state index < -0.39 is 0 Å². The Hall–Kier alpha value is -2.82. The number of nitrogens with one attached hydrogen (secondary N) is 1. The van der Waals surface area contributed by atoms with Crippen molar-refractivity contribution >= 4 is 16.9 Å². The predicted octanol–water partition coefficient (Wildman–Crippen LogP) is 6.46. The van der Waals surface area contributed by atoms with Gasteiger partial charge in [0.2, 0.25) is 5.91 Å². The number of fused-ring (bicyclic) bond motifs is 1. The molecule has 5 heteroatoms. The molecule has 33 heavy (non-hydrogen) atoms. The molecule has 2 aromatic carbocycles. The summed E-state index contributed by atoms with van der Waals surface area (Å²) < 4.78 is 8.20. The lowest BCUT2D eigenvalue weighted by Crippen LogP contribution is -2.30. The number of carbonyl (C=O) groups is 1. The number of ether oxygens (including phenoxy) is 1. The smallest absolute Gasteiger partial charge is 0.223 e. The highest BCUT2D eigenvalue weighted by Gasteiger charge is 2.16. The predicted molar refractivity (Wildman–Crippen MR) is 136 cm³/mol. The van der Waals surface area contributed by atoms with E-state index in [0.717, 1.165) is 61.3 Å².